The molecule has 186 valence electrons. The molecule has 4 fully saturated rings. The molecule has 0 radical (unpaired) electrons. The lowest BCUT2D eigenvalue weighted by Crippen LogP contribution is -2.50. The van der Waals surface area contributed by atoms with Gasteiger partial charge in [-0.3, -0.25) is 0 Å². The van der Waals surface area contributed by atoms with Gasteiger partial charge in [0, 0.05) is 11.5 Å². The Balaban J connectivity index is 1.71. The average Bonchev–Trinajstić information content (AvgIpc) is 3.31. The van der Waals surface area contributed by atoms with E-state index in [0.717, 1.165) is 64.5 Å². The third-order valence-electron chi connectivity index (χ3n) is 9.88. The molecule has 0 spiro atoms. The van der Waals surface area contributed by atoms with E-state index in [-0.39, 0.29) is 28.8 Å². The van der Waals surface area contributed by atoms with Gasteiger partial charge in [0.25, 0.3) is 0 Å². The first-order valence-electron chi connectivity index (χ1n) is 13.6. The fraction of sp³-hybridized carbons (Fsp3) is 1.00. The van der Waals surface area contributed by atoms with Crippen LogP contribution in [0.4, 0.5) is 4.39 Å². The normalized spacial score (nSPS) is 45.3. The first kappa shape index (κ1) is 24.9. The van der Waals surface area contributed by atoms with Gasteiger partial charge in [-0.25, -0.2) is 12.8 Å². The van der Waals surface area contributed by atoms with Crippen LogP contribution in [0.25, 0.3) is 0 Å². The number of aliphatic hydroxyl groups is 1. The van der Waals surface area contributed by atoms with Crippen LogP contribution in [0.15, 0.2) is 0 Å². The average molecular weight is 472 g/mol. The van der Waals surface area contributed by atoms with Crippen LogP contribution in [0.2, 0.25) is 0 Å². The third-order valence-corrected chi connectivity index (χ3v) is 12.4. The molecule has 0 aromatic rings. The number of fused-ring (bicyclic) bond motifs is 1. The number of likely N-dealkylation sites (tertiary alicyclic amines) is 1. The molecule has 2 aliphatic heterocycles. The molecule has 2 heterocycles. The number of hydrogen-bond donors (Lipinski definition) is 1. The maximum atomic E-state index is 14.0. The van der Waals surface area contributed by atoms with Gasteiger partial charge in [0.15, 0.2) is 9.84 Å². The van der Waals surface area contributed by atoms with Crippen LogP contribution in [0.5, 0.6) is 0 Å². The largest absolute Gasteiger partial charge is 0.392 e. The first-order valence-corrected chi connectivity index (χ1v) is 15.3. The van der Waals surface area contributed by atoms with Gasteiger partial charge in [0.1, 0.15) is 6.17 Å². The molecular formula is C26H46FNO3S. The number of hydrogen-bond acceptors (Lipinski definition) is 4. The van der Waals surface area contributed by atoms with Gasteiger partial charge < -0.3 is 10.0 Å². The quantitative estimate of drug-likeness (QED) is 0.583. The highest BCUT2D eigenvalue weighted by molar-refractivity contribution is 7.92. The van der Waals surface area contributed by atoms with Gasteiger partial charge >= 0.3 is 0 Å². The van der Waals surface area contributed by atoms with Crippen molar-refractivity contribution in [1.82, 2.24) is 4.90 Å². The summed E-state index contributed by atoms with van der Waals surface area (Å²) in [7, 11) is -3.29. The highest BCUT2D eigenvalue weighted by Gasteiger charge is 2.57. The van der Waals surface area contributed by atoms with Gasteiger partial charge in [-0.05, 0) is 101 Å². The molecule has 0 aromatic carbocycles. The molecule has 2 aliphatic carbocycles. The minimum Gasteiger partial charge on any atom is -0.392 e. The van der Waals surface area contributed by atoms with Gasteiger partial charge in [-0.2, -0.15) is 0 Å². The van der Waals surface area contributed by atoms with E-state index in [9.17, 15) is 17.9 Å². The minimum atomic E-state index is -3.29. The Labute approximate surface area is 195 Å². The van der Waals surface area contributed by atoms with E-state index in [1.165, 1.54) is 12.8 Å². The molecule has 4 rings (SSSR count). The summed E-state index contributed by atoms with van der Waals surface area (Å²) in [4.78, 5) is 2.58. The molecule has 4 nitrogen and oxygen atoms in total. The number of aliphatic hydroxyl groups excluding tert-OH is 1. The molecule has 6 heteroatoms. The first-order chi connectivity index (χ1) is 15.3. The number of unbranched alkanes of at least 4 members (excludes halogenated alkanes) is 1. The summed E-state index contributed by atoms with van der Waals surface area (Å²) in [5, 5.41) is 11.7. The van der Waals surface area contributed by atoms with Crippen molar-refractivity contribution in [3.8, 4) is 0 Å². The zero-order valence-corrected chi connectivity index (χ0v) is 21.2. The summed E-state index contributed by atoms with van der Waals surface area (Å²) < 4.78 is 41.7. The number of rotatable bonds is 6. The van der Waals surface area contributed by atoms with E-state index < -0.39 is 27.5 Å². The molecule has 4 aliphatic rings. The van der Waals surface area contributed by atoms with Crippen molar-refractivity contribution in [3.63, 3.8) is 0 Å². The fourth-order valence-electron chi connectivity index (χ4n) is 7.99. The van der Waals surface area contributed by atoms with E-state index >= 15 is 0 Å². The lowest BCUT2D eigenvalue weighted by atomic mass is 9.60. The Morgan fingerprint density at radius 1 is 1.03 bits per heavy atom. The standard InChI is InChI=1S/C26H46FNO3S/c1-3-5-14-26(4-2)18-32(30,31)23-13-12-21(28-15-6-7-16-28)17-22(23)24(25(26)29)19-8-10-20(27)11-9-19/h19-25,29H,3-18H2,1-2H3/t19?,20?,21?,22?,23?,24-,25-,26-/m1/s1. The molecule has 3 unspecified atom stereocenters. The van der Waals surface area contributed by atoms with Crippen LogP contribution in [0.1, 0.15) is 97.3 Å². The molecule has 0 amide bonds. The lowest BCUT2D eigenvalue weighted by molar-refractivity contribution is -0.0712. The van der Waals surface area contributed by atoms with Gasteiger partial charge in [-0.15, -0.1) is 0 Å². The van der Waals surface area contributed by atoms with Crippen LogP contribution in [-0.4, -0.2) is 60.8 Å². The summed E-state index contributed by atoms with van der Waals surface area (Å²) >= 11 is 0. The minimum absolute atomic E-state index is 0.00742. The molecule has 0 bridgehead atoms. The Morgan fingerprint density at radius 3 is 2.34 bits per heavy atom. The SMILES string of the molecule is CCCC[C@]1(CC)CS(=O)(=O)C2CCC(N3CCCC3)CC2[C@@H](C2CCC(F)CC2)[C@H]1O. The maximum absolute atomic E-state index is 14.0. The van der Waals surface area contributed by atoms with Crippen molar-refractivity contribution in [3.05, 3.63) is 0 Å². The van der Waals surface area contributed by atoms with Crippen LogP contribution in [0, 0.1) is 23.2 Å². The molecule has 32 heavy (non-hydrogen) atoms. The summed E-state index contributed by atoms with van der Waals surface area (Å²) in [6.45, 7) is 6.47. The van der Waals surface area contributed by atoms with Gasteiger partial charge in [0.2, 0.25) is 0 Å². The number of sulfone groups is 1. The zero-order valence-electron chi connectivity index (χ0n) is 20.4. The molecule has 2 saturated carbocycles. The van der Waals surface area contributed by atoms with Crippen LogP contribution >= 0.6 is 0 Å². The van der Waals surface area contributed by atoms with Gasteiger partial charge in [0.05, 0.1) is 17.1 Å². The Bertz CT molecular complexity index is 717. The molecule has 6 atom stereocenters. The summed E-state index contributed by atoms with van der Waals surface area (Å²) in [5.41, 5.74) is -0.549. The zero-order chi connectivity index (χ0) is 22.9. The van der Waals surface area contributed by atoms with E-state index in [2.05, 4.69) is 18.7 Å². The second kappa shape index (κ2) is 10.2. The van der Waals surface area contributed by atoms with Crippen molar-refractivity contribution < 1.29 is 17.9 Å². The Hall–Kier alpha value is -0.200. The predicted octanol–water partition coefficient (Wildman–Crippen LogP) is 5.14. The lowest BCUT2D eigenvalue weighted by Gasteiger charge is -2.48. The van der Waals surface area contributed by atoms with Crippen molar-refractivity contribution in [2.75, 3.05) is 18.8 Å². The van der Waals surface area contributed by atoms with Crippen molar-refractivity contribution in [2.45, 2.75) is 121 Å². The van der Waals surface area contributed by atoms with Gasteiger partial charge in [-0.1, -0.05) is 26.7 Å². The van der Waals surface area contributed by atoms with E-state index in [4.69, 9.17) is 0 Å². The molecular weight excluding hydrogens is 425 g/mol. The molecule has 0 aromatic heterocycles. The Morgan fingerprint density at radius 2 is 1.72 bits per heavy atom. The predicted molar refractivity (Wildman–Crippen MR) is 128 cm³/mol. The fourth-order valence-corrected chi connectivity index (χ4v) is 10.8. The number of alkyl halides is 1. The highest BCUT2D eigenvalue weighted by Crippen LogP contribution is 2.53. The van der Waals surface area contributed by atoms with Crippen molar-refractivity contribution in [1.29, 1.82) is 0 Å². The van der Waals surface area contributed by atoms with Crippen molar-refractivity contribution >= 4 is 9.84 Å². The maximum Gasteiger partial charge on any atom is 0.154 e. The van der Waals surface area contributed by atoms with E-state index in [1.807, 2.05) is 0 Å². The smallest absolute Gasteiger partial charge is 0.154 e. The summed E-state index contributed by atoms with van der Waals surface area (Å²) in [6.07, 6.45) is 9.96. The third kappa shape index (κ3) is 4.79. The topological polar surface area (TPSA) is 57.6 Å². The summed E-state index contributed by atoms with van der Waals surface area (Å²) in [5.74, 6) is 0.405. The number of halogens is 1. The summed E-state index contributed by atoms with van der Waals surface area (Å²) in [6, 6.07) is 0.450. The highest BCUT2D eigenvalue weighted by atomic mass is 32.2. The van der Waals surface area contributed by atoms with E-state index in [1.54, 1.807) is 0 Å². The monoisotopic (exact) mass is 471 g/mol. The van der Waals surface area contributed by atoms with Crippen LogP contribution < -0.4 is 0 Å². The van der Waals surface area contributed by atoms with Crippen LogP contribution in [-0.2, 0) is 9.84 Å². The van der Waals surface area contributed by atoms with Crippen molar-refractivity contribution in [2.24, 2.45) is 23.2 Å². The Kier molecular flexibility index (Phi) is 7.93. The molecule has 1 N–H and O–H groups in total. The second-order valence-corrected chi connectivity index (χ2v) is 13.8. The van der Waals surface area contributed by atoms with E-state index in [0.29, 0.717) is 25.3 Å². The molecule has 2 saturated heterocycles. The second-order valence-electron chi connectivity index (χ2n) is 11.6. The van der Waals surface area contributed by atoms with Crippen LogP contribution in [0.3, 0.4) is 0 Å². The number of nitrogens with zero attached hydrogens (tertiary/aromatic N) is 1.